The molecule has 0 aromatic carbocycles. The van der Waals surface area contributed by atoms with Crippen LogP contribution in [0.25, 0.3) is 0 Å². The average Bonchev–Trinajstić information content (AvgIpc) is 2.95. The van der Waals surface area contributed by atoms with E-state index in [1.54, 1.807) is 11.0 Å². The zero-order valence-corrected chi connectivity index (χ0v) is 10.7. The summed E-state index contributed by atoms with van der Waals surface area (Å²) >= 11 is 0. The van der Waals surface area contributed by atoms with Crippen molar-refractivity contribution in [3.8, 4) is 0 Å². The van der Waals surface area contributed by atoms with E-state index in [2.05, 4.69) is 15.4 Å². The molecule has 19 heavy (non-hydrogen) atoms. The Morgan fingerprint density at radius 2 is 2.47 bits per heavy atom. The van der Waals surface area contributed by atoms with Gasteiger partial charge in [-0.1, -0.05) is 0 Å². The quantitative estimate of drug-likeness (QED) is 0.750. The van der Waals surface area contributed by atoms with E-state index in [9.17, 15) is 4.79 Å². The fourth-order valence-corrected chi connectivity index (χ4v) is 2.95. The Bertz CT molecular complexity index is 435. The molecule has 2 heterocycles. The highest BCUT2D eigenvalue weighted by Gasteiger charge is 2.50. The molecular weight excluding hydrogens is 246 g/mol. The first-order valence-electron chi connectivity index (χ1n) is 6.74. The van der Waals surface area contributed by atoms with Crippen LogP contribution in [0.5, 0.6) is 0 Å². The van der Waals surface area contributed by atoms with Gasteiger partial charge in [0.2, 0.25) is 5.91 Å². The summed E-state index contributed by atoms with van der Waals surface area (Å²) < 4.78 is 7.33. The summed E-state index contributed by atoms with van der Waals surface area (Å²) in [6.45, 7) is 1.31. The molecule has 0 radical (unpaired) electrons. The van der Waals surface area contributed by atoms with Crippen LogP contribution in [0, 0.1) is 5.92 Å². The summed E-state index contributed by atoms with van der Waals surface area (Å²) in [7, 11) is 0. The van der Waals surface area contributed by atoms with Crippen molar-refractivity contribution in [1.82, 2.24) is 20.1 Å². The Balaban J connectivity index is 1.47. The van der Waals surface area contributed by atoms with E-state index < -0.39 is 0 Å². The summed E-state index contributed by atoms with van der Waals surface area (Å²) in [6.07, 6.45) is 5.73. The molecule has 0 spiro atoms. The van der Waals surface area contributed by atoms with Gasteiger partial charge in [-0.15, -0.1) is 0 Å². The zero-order chi connectivity index (χ0) is 13.2. The van der Waals surface area contributed by atoms with E-state index >= 15 is 0 Å². The summed E-state index contributed by atoms with van der Waals surface area (Å²) in [5.41, 5.74) is 6.09. The van der Waals surface area contributed by atoms with E-state index in [1.165, 1.54) is 6.33 Å². The average molecular weight is 265 g/mol. The lowest BCUT2D eigenvalue weighted by molar-refractivity contribution is -0.139. The molecule has 0 bridgehead atoms. The van der Waals surface area contributed by atoms with Crippen molar-refractivity contribution >= 4 is 5.91 Å². The minimum atomic E-state index is -0.0338. The third-order valence-electron chi connectivity index (χ3n) is 4.04. The topological polar surface area (TPSA) is 95.1 Å². The van der Waals surface area contributed by atoms with Crippen LogP contribution in [0.3, 0.4) is 0 Å². The number of nitrogens with zero attached hydrogens (tertiary/aromatic N) is 3. The van der Waals surface area contributed by atoms with Crippen molar-refractivity contribution in [1.29, 1.82) is 0 Å². The number of aromatic nitrogens is 3. The van der Waals surface area contributed by atoms with Gasteiger partial charge in [0.25, 0.3) is 0 Å². The number of hydrogen-bond acceptors (Lipinski definition) is 5. The number of hydrogen-bond donors (Lipinski definition) is 2. The molecule has 1 amide bonds. The third kappa shape index (κ3) is 2.48. The molecular formula is C12H19N5O2. The number of rotatable bonds is 4. The summed E-state index contributed by atoms with van der Waals surface area (Å²) in [6, 6.07) is -0.00540. The van der Waals surface area contributed by atoms with Gasteiger partial charge >= 0.3 is 0 Å². The number of fused-ring (bicyclic) bond motifs is 1. The van der Waals surface area contributed by atoms with Crippen LogP contribution in [-0.2, 0) is 16.1 Å². The van der Waals surface area contributed by atoms with E-state index in [0.29, 0.717) is 18.9 Å². The minimum absolute atomic E-state index is 0.0106. The summed E-state index contributed by atoms with van der Waals surface area (Å²) in [4.78, 5) is 15.7. The van der Waals surface area contributed by atoms with Crippen molar-refractivity contribution in [2.45, 2.75) is 44.0 Å². The number of nitrogens with one attached hydrogen (secondary N) is 1. The fraction of sp³-hybridized carbons (Fsp3) is 0.750. The molecule has 3 rings (SSSR count). The summed E-state index contributed by atoms with van der Waals surface area (Å²) in [5, 5.41) is 6.94. The van der Waals surface area contributed by atoms with Crippen LogP contribution < -0.4 is 11.1 Å². The van der Waals surface area contributed by atoms with Gasteiger partial charge < -0.3 is 15.8 Å². The van der Waals surface area contributed by atoms with E-state index in [-0.39, 0.29) is 24.1 Å². The number of nitrogens with two attached hydrogens (primary N) is 1. The highest BCUT2D eigenvalue weighted by Crippen LogP contribution is 2.36. The van der Waals surface area contributed by atoms with Crippen LogP contribution in [0.1, 0.15) is 19.3 Å². The Labute approximate surface area is 111 Å². The molecule has 4 atom stereocenters. The highest BCUT2D eigenvalue weighted by atomic mass is 16.5. The lowest BCUT2D eigenvalue weighted by atomic mass is 9.68. The van der Waals surface area contributed by atoms with Crippen LogP contribution in [-0.4, -0.2) is 45.5 Å². The van der Waals surface area contributed by atoms with Gasteiger partial charge in [0, 0.05) is 25.0 Å². The Kier molecular flexibility index (Phi) is 3.48. The lowest BCUT2D eigenvalue weighted by Crippen LogP contribution is -2.72. The maximum absolute atomic E-state index is 11.9. The minimum Gasteiger partial charge on any atom is -0.376 e. The van der Waals surface area contributed by atoms with Crippen LogP contribution in [0.4, 0.5) is 0 Å². The second kappa shape index (κ2) is 5.26. The summed E-state index contributed by atoms with van der Waals surface area (Å²) in [5.74, 6) is 0.401. The smallest absolute Gasteiger partial charge is 0.222 e. The van der Waals surface area contributed by atoms with Gasteiger partial charge in [-0.3, -0.25) is 9.48 Å². The first-order valence-corrected chi connectivity index (χ1v) is 6.74. The van der Waals surface area contributed by atoms with Crippen molar-refractivity contribution in [3.05, 3.63) is 12.7 Å². The van der Waals surface area contributed by atoms with Crippen molar-refractivity contribution < 1.29 is 9.53 Å². The van der Waals surface area contributed by atoms with Crippen molar-refractivity contribution in [3.63, 3.8) is 0 Å². The maximum Gasteiger partial charge on any atom is 0.222 e. The molecule has 1 aromatic rings. The largest absolute Gasteiger partial charge is 0.376 e. The molecule has 7 heteroatoms. The molecule has 104 valence electrons. The van der Waals surface area contributed by atoms with Gasteiger partial charge in [0.05, 0.1) is 18.7 Å². The molecule has 1 saturated carbocycles. The first-order chi connectivity index (χ1) is 9.25. The number of carbonyl (C=O) groups excluding carboxylic acids is 1. The van der Waals surface area contributed by atoms with Gasteiger partial charge in [-0.05, 0) is 12.8 Å². The number of aryl methyl sites for hydroxylation is 1. The monoisotopic (exact) mass is 265 g/mol. The number of amides is 1. The second-order valence-electron chi connectivity index (χ2n) is 5.22. The van der Waals surface area contributed by atoms with Crippen LogP contribution in [0.2, 0.25) is 0 Å². The zero-order valence-electron chi connectivity index (χ0n) is 10.7. The molecule has 7 nitrogen and oxygen atoms in total. The third-order valence-corrected chi connectivity index (χ3v) is 4.04. The molecule has 1 aliphatic heterocycles. The molecule has 3 N–H and O–H groups in total. The van der Waals surface area contributed by atoms with Crippen molar-refractivity contribution in [2.75, 3.05) is 6.61 Å². The Hall–Kier alpha value is -1.47. The predicted molar refractivity (Wildman–Crippen MR) is 67.0 cm³/mol. The van der Waals surface area contributed by atoms with Gasteiger partial charge in [-0.2, -0.15) is 5.10 Å². The number of ether oxygens (including phenoxy) is 1. The molecule has 2 fully saturated rings. The second-order valence-corrected chi connectivity index (χ2v) is 5.22. The normalized spacial score (nSPS) is 33.3. The molecule has 2 aliphatic rings. The maximum atomic E-state index is 11.9. The highest BCUT2D eigenvalue weighted by molar-refractivity contribution is 5.76. The van der Waals surface area contributed by atoms with E-state index in [4.69, 9.17) is 10.5 Å². The van der Waals surface area contributed by atoms with Crippen molar-refractivity contribution in [2.24, 2.45) is 11.7 Å². The Morgan fingerprint density at radius 3 is 3.26 bits per heavy atom. The fourth-order valence-electron chi connectivity index (χ4n) is 2.95. The lowest BCUT2D eigenvalue weighted by Gasteiger charge is -2.52. The number of carbonyl (C=O) groups is 1. The SMILES string of the molecule is NC1C2CCCOC2C1NC(=O)CCn1cncn1. The van der Waals surface area contributed by atoms with Crippen LogP contribution >= 0.6 is 0 Å². The molecule has 4 unspecified atom stereocenters. The molecule has 1 saturated heterocycles. The van der Waals surface area contributed by atoms with Crippen LogP contribution in [0.15, 0.2) is 12.7 Å². The van der Waals surface area contributed by atoms with E-state index in [1.807, 2.05) is 0 Å². The molecule has 1 aromatic heterocycles. The predicted octanol–water partition coefficient (Wildman–Crippen LogP) is -0.711. The molecule has 1 aliphatic carbocycles. The Morgan fingerprint density at radius 1 is 1.58 bits per heavy atom. The van der Waals surface area contributed by atoms with E-state index in [0.717, 1.165) is 19.4 Å². The van der Waals surface area contributed by atoms with Gasteiger partial charge in [-0.25, -0.2) is 4.98 Å². The first kappa shape index (κ1) is 12.6. The standard InChI is InChI=1S/C12H19N5O2/c13-10-8-2-1-5-19-12(8)11(10)16-9(18)3-4-17-7-14-6-15-17/h6-8,10-12H,1-5,13H2,(H,16,18). The van der Waals surface area contributed by atoms with Gasteiger partial charge in [0.1, 0.15) is 12.7 Å². The van der Waals surface area contributed by atoms with Gasteiger partial charge in [0.15, 0.2) is 0 Å².